The molecule has 5 rings (SSSR count). The number of carbonyl (C=O) groups excluding carboxylic acids is 1. The van der Waals surface area contributed by atoms with Crippen molar-refractivity contribution in [3.05, 3.63) is 65.2 Å². The second kappa shape index (κ2) is 6.13. The summed E-state index contributed by atoms with van der Waals surface area (Å²) in [6, 6.07) is 18.8. The van der Waals surface area contributed by atoms with E-state index >= 15 is 0 Å². The molecule has 27 heavy (non-hydrogen) atoms. The topological polar surface area (TPSA) is 47.3 Å². The van der Waals surface area contributed by atoms with Gasteiger partial charge in [-0.25, -0.2) is 0 Å². The highest BCUT2D eigenvalue weighted by Gasteiger charge is 2.53. The molecule has 1 saturated carbocycles. The monoisotopic (exact) mass is 357 g/mol. The van der Waals surface area contributed by atoms with E-state index in [9.17, 15) is 4.79 Å². The maximum absolute atomic E-state index is 13.5. The van der Waals surface area contributed by atoms with Crippen LogP contribution in [0.25, 0.3) is 0 Å². The molecule has 2 fully saturated rings. The lowest BCUT2D eigenvalue weighted by atomic mass is 9.93. The highest BCUT2D eigenvalue weighted by atomic mass is 16.2. The van der Waals surface area contributed by atoms with Gasteiger partial charge < -0.3 is 9.80 Å². The van der Waals surface area contributed by atoms with Gasteiger partial charge in [-0.15, -0.1) is 0 Å². The molecule has 2 heterocycles. The Labute approximate surface area is 160 Å². The van der Waals surface area contributed by atoms with Crippen LogP contribution >= 0.6 is 0 Å². The minimum absolute atomic E-state index is 0.282. The number of para-hydroxylation sites is 1. The third-order valence-electron chi connectivity index (χ3n) is 6.47. The maximum Gasteiger partial charge on any atom is 0.233 e. The first-order valence-electron chi connectivity index (χ1n) is 9.86. The molecule has 2 aliphatic heterocycles. The highest BCUT2D eigenvalue weighted by Crippen LogP contribution is 2.50. The Hall–Kier alpha value is -2.80. The van der Waals surface area contributed by atoms with Crippen molar-refractivity contribution in [3.8, 4) is 6.07 Å². The van der Waals surface area contributed by atoms with Crippen LogP contribution in [0.3, 0.4) is 0 Å². The van der Waals surface area contributed by atoms with Crippen LogP contribution in [0.4, 0.5) is 5.69 Å². The second-order valence-electron chi connectivity index (χ2n) is 8.06. The van der Waals surface area contributed by atoms with Crippen molar-refractivity contribution < 1.29 is 4.79 Å². The van der Waals surface area contributed by atoms with Crippen molar-refractivity contribution >= 4 is 11.6 Å². The Kier molecular flexibility index (Phi) is 3.72. The summed E-state index contributed by atoms with van der Waals surface area (Å²) in [6.07, 6.45) is 3.88. The minimum atomic E-state index is -0.353. The van der Waals surface area contributed by atoms with Crippen LogP contribution in [0.2, 0.25) is 0 Å². The van der Waals surface area contributed by atoms with E-state index in [1.807, 2.05) is 24.3 Å². The van der Waals surface area contributed by atoms with E-state index in [1.165, 1.54) is 11.3 Å². The maximum atomic E-state index is 13.5. The Balaban J connectivity index is 1.37. The highest BCUT2D eigenvalue weighted by molar-refractivity contribution is 5.91. The Morgan fingerprint density at radius 1 is 1.07 bits per heavy atom. The lowest BCUT2D eigenvalue weighted by Crippen LogP contribution is -2.45. The fourth-order valence-electron chi connectivity index (χ4n) is 4.87. The average molecular weight is 357 g/mol. The fourth-order valence-corrected chi connectivity index (χ4v) is 4.87. The van der Waals surface area contributed by atoms with E-state index in [2.05, 4.69) is 40.1 Å². The molecule has 0 radical (unpaired) electrons. The predicted octanol–water partition coefficient (Wildman–Crippen LogP) is 3.25. The van der Waals surface area contributed by atoms with Crippen molar-refractivity contribution in [3.63, 3.8) is 0 Å². The normalized spacial score (nSPS) is 22.4. The lowest BCUT2D eigenvalue weighted by molar-refractivity contribution is -0.134. The molecule has 1 aliphatic carbocycles. The van der Waals surface area contributed by atoms with E-state index in [0.717, 1.165) is 50.9 Å². The van der Waals surface area contributed by atoms with Gasteiger partial charge in [0.15, 0.2) is 0 Å². The molecule has 1 saturated heterocycles. The number of hydrogen-bond donors (Lipinski definition) is 0. The van der Waals surface area contributed by atoms with Gasteiger partial charge in [0.1, 0.15) is 0 Å². The van der Waals surface area contributed by atoms with Gasteiger partial charge >= 0.3 is 0 Å². The number of rotatable bonds is 2. The van der Waals surface area contributed by atoms with Crippen molar-refractivity contribution in [2.45, 2.75) is 37.1 Å². The third-order valence-corrected chi connectivity index (χ3v) is 6.47. The van der Waals surface area contributed by atoms with Crippen LogP contribution in [-0.2, 0) is 16.6 Å². The average Bonchev–Trinajstić information content (AvgIpc) is 3.48. The molecule has 0 spiro atoms. The molecular formula is C23H23N3O. The number of hydrogen-bond acceptors (Lipinski definition) is 3. The summed E-state index contributed by atoms with van der Waals surface area (Å²) >= 11 is 0. The number of nitriles is 1. The summed E-state index contributed by atoms with van der Waals surface area (Å²) in [5, 5.41) is 9.02. The van der Waals surface area contributed by atoms with Crippen LogP contribution in [0.15, 0.2) is 48.5 Å². The zero-order chi connectivity index (χ0) is 18.4. The number of amides is 1. The van der Waals surface area contributed by atoms with Gasteiger partial charge in [-0.05, 0) is 55.0 Å². The van der Waals surface area contributed by atoms with E-state index < -0.39 is 0 Å². The molecule has 4 heteroatoms. The van der Waals surface area contributed by atoms with E-state index in [1.54, 1.807) is 0 Å². The first kappa shape index (κ1) is 16.4. The summed E-state index contributed by atoms with van der Waals surface area (Å²) in [5.41, 5.74) is 4.13. The summed E-state index contributed by atoms with van der Waals surface area (Å²) in [4.78, 5) is 18.1. The Morgan fingerprint density at radius 3 is 2.59 bits per heavy atom. The van der Waals surface area contributed by atoms with Gasteiger partial charge in [0.05, 0.1) is 23.1 Å². The molecule has 0 bridgehead atoms. The Bertz CT molecular complexity index is 923. The van der Waals surface area contributed by atoms with Crippen molar-refractivity contribution in [1.82, 2.24) is 4.90 Å². The molecule has 0 aromatic heterocycles. The number of anilines is 1. The molecule has 1 amide bonds. The SMILES string of the molecule is N#Cc1ccc(C2(C(=O)N3CCCN4c5ccccc5CC4C3)CC2)cc1. The van der Waals surface area contributed by atoms with Gasteiger partial charge in [0, 0.05) is 25.3 Å². The van der Waals surface area contributed by atoms with Crippen molar-refractivity contribution in [1.29, 1.82) is 5.26 Å². The summed E-state index contributed by atoms with van der Waals surface area (Å²) in [7, 11) is 0. The second-order valence-corrected chi connectivity index (χ2v) is 8.06. The molecule has 136 valence electrons. The van der Waals surface area contributed by atoms with Gasteiger partial charge in [-0.1, -0.05) is 30.3 Å². The lowest BCUT2D eigenvalue weighted by Gasteiger charge is -2.30. The van der Waals surface area contributed by atoms with Crippen LogP contribution in [0, 0.1) is 11.3 Å². The van der Waals surface area contributed by atoms with Gasteiger partial charge in [0.25, 0.3) is 0 Å². The summed E-state index contributed by atoms with van der Waals surface area (Å²) < 4.78 is 0. The number of benzene rings is 2. The number of carbonyl (C=O) groups is 1. The van der Waals surface area contributed by atoms with E-state index in [-0.39, 0.29) is 11.3 Å². The Morgan fingerprint density at radius 2 is 1.85 bits per heavy atom. The van der Waals surface area contributed by atoms with Crippen LogP contribution in [0.1, 0.15) is 36.0 Å². The summed E-state index contributed by atoms with van der Waals surface area (Å²) in [5.74, 6) is 0.282. The molecule has 0 N–H and O–H groups in total. The van der Waals surface area contributed by atoms with E-state index in [0.29, 0.717) is 11.6 Å². The third kappa shape index (κ3) is 2.61. The molecule has 2 aromatic carbocycles. The number of fused-ring (bicyclic) bond motifs is 3. The first-order chi connectivity index (χ1) is 13.2. The first-order valence-corrected chi connectivity index (χ1v) is 9.86. The van der Waals surface area contributed by atoms with Crippen LogP contribution in [0.5, 0.6) is 0 Å². The smallest absolute Gasteiger partial charge is 0.233 e. The molecule has 2 aromatic rings. The van der Waals surface area contributed by atoms with Gasteiger partial charge in [-0.3, -0.25) is 4.79 Å². The van der Waals surface area contributed by atoms with Crippen LogP contribution < -0.4 is 4.90 Å². The summed E-state index contributed by atoms with van der Waals surface area (Å²) in [6.45, 7) is 2.67. The molecule has 1 unspecified atom stereocenters. The minimum Gasteiger partial charge on any atom is -0.366 e. The van der Waals surface area contributed by atoms with Crippen molar-refractivity contribution in [2.24, 2.45) is 0 Å². The molecule has 1 atom stereocenters. The zero-order valence-electron chi connectivity index (χ0n) is 15.4. The van der Waals surface area contributed by atoms with Gasteiger partial charge in [-0.2, -0.15) is 5.26 Å². The number of nitrogens with zero attached hydrogens (tertiary/aromatic N) is 3. The largest absolute Gasteiger partial charge is 0.366 e. The molecule has 3 aliphatic rings. The van der Waals surface area contributed by atoms with E-state index in [4.69, 9.17) is 5.26 Å². The molecular weight excluding hydrogens is 334 g/mol. The van der Waals surface area contributed by atoms with Crippen molar-refractivity contribution in [2.75, 3.05) is 24.5 Å². The predicted molar refractivity (Wildman–Crippen MR) is 105 cm³/mol. The van der Waals surface area contributed by atoms with Gasteiger partial charge in [0.2, 0.25) is 5.91 Å². The zero-order valence-corrected chi connectivity index (χ0v) is 15.4. The quantitative estimate of drug-likeness (QED) is 0.829. The van der Waals surface area contributed by atoms with Crippen LogP contribution in [-0.4, -0.2) is 36.5 Å². The fraction of sp³-hybridized carbons (Fsp3) is 0.391. The standard InChI is InChI=1S/C23H23N3O/c24-15-17-6-8-19(9-7-17)23(10-11-23)22(27)25-12-3-13-26-20(16-25)14-18-4-1-2-5-21(18)26/h1-2,4-9,20H,3,10-14,16H2. The molecule has 4 nitrogen and oxygen atoms in total.